The molecule has 0 N–H and O–H groups in total. The third-order valence-electron chi connectivity index (χ3n) is 4.49. The van der Waals surface area contributed by atoms with Gasteiger partial charge in [-0.25, -0.2) is 4.39 Å². The first-order valence-electron chi connectivity index (χ1n) is 7.15. The molecule has 2 aliphatic rings. The van der Waals surface area contributed by atoms with Crippen molar-refractivity contribution >= 4 is 21.6 Å². The fraction of sp³-hybridized carbons (Fsp3) is 0.600. The van der Waals surface area contributed by atoms with Crippen LogP contribution in [0, 0.1) is 5.82 Å². The van der Waals surface area contributed by atoms with Crippen molar-refractivity contribution < 1.29 is 4.39 Å². The number of para-hydroxylation sites is 1. The highest BCUT2D eigenvalue weighted by molar-refractivity contribution is 9.10. The summed E-state index contributed by atoms with van der Waals surface area (Å²) in [6.45, 7) is 5.44. The molecule has 4 heteroatoms. The summed E-state index contributed by atoms with van der Waals surface area (Å²) in [6, 6.07) is 6.28. The molecule has 1 aromatic rings. The van der Waals surface area contributed by atoms with E-state index in [1.165, 1.54) is 19.4 Å². The minimum Gasteiger partial charge on any atom is -0.362 e. The second-order valence-corrected chi connectivity index (χ2v) is 6.43. The van der Waals surface area contributed by atoms with E-state index in [2.05, 4.69) is 32.7 Å². The summed E-state index contributed by atoms with van der Waals surface area (Å²) in [5.74, 6) is -0.112. The first kappa shape index (κ1) is 13.4. The summed E-state index contributed by atoms with van der Waals surface area (Å²) in [5, 5.41) is 0. The predicted molar refractivity (Wildman–Crippen MR) is 80.1 cm³/mol. The lowest BCUT2D eigenvalue weighted by atomic mass is 10.0. The van der Waals surface area contributed by atoms with E-state index in [4.69, 9.17) is 0 Å². The van der Waals surface area contributed by atoms with Crippen molar-refractivity contribution in [3.63, 3.8) is 0 Å². The van der Waals surface area contributed by atoms with Gasteiger partial charge < -0.3 is 4.90 Å². The lowest BCUT2D eigenvalue weighted by molar-refractivity contribution is 0.194. The molecule has 2 unspecified atom stereocenters. The van der Waals surface area contributed by atoms with Crippen molar-refractivity contribution in [2.45, 2.75) is 38.3 Å². The van der Waals surface area contributed by atoms with Gasteiger partial charge in [-0.15, -0.1) is 0 Å². The third kappa shape index (κ3) is 2.40. The van der Waals surface area contributed by atoms with Crippen LogP contribution in [-0.4, -0.2) is 36.6 Å². The molecule has 0 amide bonds. The van der Waals surface area contributed by atoms with Gasteiger partial charge in [0.15, 0.2) is 0 Å². The summed E-state index contributed by atoms with van der Waals surface area (Å²) in [5.41, 5.74) is 0.751. The van der Waals surface area contributed by atoms with E-state index in [1.807, 2.05) is 6.07 Å². The first-order valence-corrected chi connectivity index (χ1v) is 7.94. The van der Waals surface area contributed by atoms with Gasteiger partial charge in [-0.3, -0.25) is 4.90 Å². The van der Waals surface area contributed by atoms with Crippen LogP contribution < -0.4 is 4.90 Å². The zero-order valence-corrected chi connectivity index (χ0v) is 12.9. The normalized spacial score (nSPS) is 27.6. The summed E-state index contributed by atoms with van der Waals surface area (Å²) in [4.78, 5) is 4.87. The highest BCUT2D eigenvalue weighted by Gasteiger charge is 2.36. The Morgan fingerprint density at radius 3 is 2.95 bits per heavy atom. The van der Waals surface area contributed by atoms with Crippen molar-refractivity contribution in [1.29, 1.82) is 0 Å². The molecule has 104 valence electrons. The van der Waals surface area contributed by atoms with Crippen LogP contribution in [0.15, 0.2) is 22.7 Å². The van der Waals surface area contributed by atoms with E-state index in [0.29, 0.717) is 12.1 Å². The Morgan fingerprint density at radius 2 is 2.21 bits per heavy atom. The van der Waals surface area contributed by atoms with Crippen molar-refractivity contribution in [2.75, 3.05) is 24.5 Å². The molecule has 0 spiro atoms. The molecule has 2 atom stereocenters. The highest BCUT2D eigenvalue weighted by Crippen LogP contribution is 2.35. The maximum Gasteiger partial charge on any atom is 0.147 e. The van der Waals surface area contributed by atoms with Crippen molar-refractivity contribution in [1.82, 2.24) is 4.90 Å². The summed E-state index contributed by atoms with van der Waals surface area (Å²) >= 11 is 3.52. The number of rotatable bonds is 2. The van der Waals surface area contributed by atoms with Gasteiger partial charge in [-0.2, -0.15) is 0 Å². The standard InChI is InChI=1S/C15H20BrFN2/c1-2-11-9-18-8-4-5-12(18)10-19(11)15-13(16)6-3-7-14(15)17/h3,6-7,11-12H,2,4-5,8-10H2,1H3. The van der Waals surface area contributed by atoms with Crippen LogP contribution in [0.2, 0.25) is 0 Å². The Morgan fingerprint density at radius 1 is 1.37 bits per heavy atom. The Bertz CT molecular complexity index is 445. The average molecular weight is 327 g/mol. The Labute approximate surface area is 122 Å². The molecule has 0 radical (unpaired) electrons. The molecule has 2 saturated heterocycles. The number of halogens is 2. The summed E-state index contributed by atoms with van der Waals surface area (Å²) in [6.07, 6.45) is 3.59. The number of hydrogen-bond acceptors (Lipinski definition) is 2. The third-order valence-corrected chi connectivity index (χ3v) is 5.13. The van der Waals surface area contributed by atoms with Gasteiger partial charge in [-0.05, 0) is 53.9 Å². The van der Waals surface area contributed by atoms with Gasteiger partial charge in [0.1, 0.15) is 5.82 Å². The topological polar surface area (TPSA) is 6.48 Å². The largest absolute Gasteiger partial charge is 0.362 e. The van der Waals surface area contributed by atoms with E-state index in [-0.39, 0.29) is 5.82 Å². The van der Waals surface area contributed by atoms with Gasteiger partial charge in [0.05, 0.1) is 5.69 Å². The lowest BCUT2D eigenvalue weighted by Crippen LogP contribution is -2.56. The molecule has 19 heavy (non-hydrogen) atoms. The second-order valence-electron chi connectivity index (χ2n) is 5.58. The van der Waals surface area contributed by atoms with Crippen molar-refractivity contribution in [3.05, 3.63) is 28.5 Å². The lowest BCUT2D eigenvalue weighted by Gasteiger charge is -2.45. The number of benzene rings is 1. The van der Waals surface area contributed by atoms with E-state index in [9.17, 15) is 4.39 Å². The summed E-state index contributed by atoms with van der Waals surface area (Å²) in [7, 11) is 0. The fourth-order valence-electron chi connectivity index (χ4n) is 3.47. The number of fused-ring (bicyclic) bond motifs is 1. The van der Waals surface area contributed by atoms with Crippen molar-refractivity contribution in [2.24, 2.45) is 0 Å². The zero-order chi connectivity index (χ0) is 13.4. The minimum atomic E-state index is -0.112. The minimum absolute atomic E-state index is 0.112. The van der Waals surface area contributed by atoms with Crippen molar-refractivity contribution in [3.8, 4) is 0 Å². The molecule has 1 aromatic carbocycles. The highest BCUT2D eigenvalue weighted by atomic mass is 79.9. The number of nitrogens with zero attached hydrogens (tertiary/aromatic N) is 2. The molecule has 0 aromatic heterocycles. The Balaban J connectivity index is 1.93. The molecule has 3 rings (SSSR count). The first-order chi connectivity index (χ1) is 9.20. The van der Waals surface area contributed by atoms with E-state index >= 15 is 0 Å². The van der Waals surface area contributed by atoms with Crippen LogP contribution in [0.4, 0.5) is 10.1 Å². The Kier molecular flexibility index (Phi) is 3.81. The number of piperazine rings is 1. The van der Waals surface area contributed by atoms with E-state index in [1.54, 1.807) is 12.1 Å². The molecular weight excluding hydrogens is 307 g/mol. The molecule has 0 aliphatic carbocycles. The monoisotopic (exact) mass is 326 g/mol. The van der Waals surface area contributed by atoms with Crippen LogP contribution in [-0.2, 0) is 0 Å². The average Bonchev–Trinajstić information content (AvgIpc) is 2.84. The van der Waals surface area contributed by atoms with Crippen LogP contribution in [0.3, 0.4) is 0 Å². The van der Waals surface area contributed by atoms with Crippen LogP contribution in [0.25, 0.3) is 0 Å². The second kappa shape index (κ2) is 5.41. The maximum atomic E-state index is 14.2. The molecule has 2 heterocycles. The van der Waals surface area contributed by atoms with Gasteiger partial charge >= 0.3 is 0 Å². The van der Waals surface area contributed by atoms with Crippen LogP contribution >= 0.6 is 15.9 Å². The molecular formula is C15H20BrFN2. The molecule has 2 fully saturated rings. The van der Waals surface area contributed by atoms with E-state index in [0.717, 1.165) is 29.7 Å². The Hall–Kier alpha value is -0.610. The molecule has 2 nitrogen and oxygen atoms in total. The quantitative estimate of drug-likeness (QED) is 0.818. The fourth-order valence-corrected chi connectivity index (χ4v) is 4.04. The molecule has 0 saturated carbocycles. The van der Waals surface area contributed by atoms with Gasteiger partial charge in [-0.1, -0.05) is 13.0 Å². The SMILES string of the molecule is CCC1CN2CCCC2CN1c1c(F)cccc1Br. The maximum absolute atomic E-state index is 14.2. The van der Waals surface area contributed by atoms with Crippen LogP contribution in [0.5, 0.6) is 0 Å². The zero-order valence-electron chi connectivity index (χ0n) is 11.3. The van der Waals surface area contributed by atoms with Gasteiger partial charge in [0.2, 0.25) is 0 Å². The van der Waals surface area contributed by atoms with Gasteiger partial charge in [0.25, 0.3) is 0 Å². The van der Waals surface area contributed by atoms with Crippen LogP contribution in [0.1, 0.15) is 26.2 Å². The molecule has 0 bridgehead atoms. The van der Waals surface area contributed by atoms with E-state index < -0.39 is 0 Å². The molecule has 2 aliphatic heterocycles. The number of hydrogen-bond donors (Lipinski definition) is 0. The predicted octanol–water partition coefficient (Wildman–Crippen LogP) is 3.65. The smallest absolute Gasteiger partial charge is 0.147 e. The summed E-state index contributed by atoms with van der Waals surface area (Å²) < 4.78 is 15.1. The number of anilines is 1. The van der Waals surface area contributed by atoms with Gasteiger partial charge in [0, 0.05) is 29.6 Å².